The molecular weight excluding hydrogens is 378 g/mol. The summed E-state index contributed by atoms with van der Waals surface area (Å²) in [5, 5.41) is 0. The topological polar surface area (TPSA) is 64.0 Å². The molecular formula is C16H14BrN3O2S. The monoisotopic (exact) mass is 391 g/mol. The molecule has 23 heavy (non-hydrogen) atoms. The van der Waals surface area contributed by atoms with Gasteiger partial charge in [0, 0.05) is 10.0 Å². The van der Waals surface area contributed by atoms with E-state index >= 15 is 0 Å². The number of aromatic nitrogens is 2. The van der Waals surface area contributed by atoms with Crippen molar-refractivity contribution in [2.45, 2.75) is 11.8 Å². The van der Waals surface area contributed by atoms with Crippen LogP contribution in [0.1, 0.15) is 5.82 Å². The number of rotatable bonds is 4. The van der Waals surface area contributed by atoms with Gasteiger partial charge in [0.05, 0.1) is 16.8 Å². The fraction of sp³-hybridized carbons (Fsp3) is 0.0625. The lowest BCUT2D eigenvalue weighted by Gasteiger charge is -2.09. The van der Waals surface area contributed by atoms with Gasteiger partial charge in [-0.05, 0) is 31.2 Å². The molecule has 0 aliphatic carbocycles. The van der Waals surface area contributed by atoms with Crippen LogP contribution in [-0.4, -0.2) is 18.1 Å². The van der Waals surface area contributed by atoms with Gasteiger partial charge in [-0.25, -0.2) is 14.5 Å². The number of hydrogen-bond acceptors (Lipinski definition) is 3. The van der Waals surface area contributed by atoms with Crippen molar-refractivity contribution in [1.29, 1.82) is 0 Å². The van der Waals surface area contributed by atoms with Crippen LogP contribution in [0.5, 0.6) is 0 Å². The SMILES string of the molecule is Cc1nc(-c2ccccc2)cn1NS(=O)(=O)c1ccc(Br)cc1. The van der Waals surface area contributed by atoms with Crippen LogP contribution in [0.15, 0.2) is 70.2 Å². The first-order valence-electron chi connectivity index (χ1n) is 6.85. The predicted molar refractivity (Wildman–Crippen MR) is 93.1 cm³/mol. The Morgan fingerprint density at radius 1 is 1.04 bits per heavy atom. The zero-order valence-electron chi connectivity index (χ0n) is 12.3. The van der Waals surface area contributed by atoms with E-state index in [2.05, 4.69) is 25.7 Å². The Kier molecular flexibility index (Phi) is 4.23. The number of imidazole rings is 1. The molecule has 0 bridgehead atoms. The number of nitrogens with one attached hydrogen (secondary N) is 1. The maximum absolute atomic E-state index is 12.4. The second kappa shape index (κ2) is 6.17. The third kappa shape index (κ3) is 3.46. The highest BCUT2D eigenvalue weighted by atomic mass is 79.9. The van der Waals surface area contributed by atoms with E-state index in [4.69, 9.17) is 0 Å². The van der Waals surface area contributed by atoms with E-state index in [9.17, 15) is 8.42 Å². The Bertz CT molecular complexity index is 920. The van der Waals surface area contributed by atoms with Crippen molar-refractivity contribution in [1.82, 2.24) is 9.66 Å². The molecule has 3 rings (SSSR count). The lowest BCUT2D eigenvalue weighted by Crippen LogP contribution is -2.23. The Morgan fingerprint density at radius 3 is 2.35 bits per heavy atom. The number of sulfonamides is 1. The molecule has 0 spiro atoms. The van der Waals surface area contributed by atoms with Gasteiger partial charge in [-0.15, -0.1) is 0 Å². The summed E-state index contributed by atoms with van der Waals surface area (Å²) in [7, 11) is -3.67. The highest BCUT2D eigenvalue weighted by molar-refractivity contribution is 9.10. The number of hydrogen-bond donors (Lipinski definition) is 1. The molecule has 0 atom stereocenters. The molecule has 7 heteroatoms. The summed E-state index contributed by atoms with van der Waals surface area (Å²) in [6, 6.07) is 16.0. The zero-order valence-corrected chi connectivity index (χ0v) is 14.7. The second-order valence-electron chi connectivity index (χ2n) is 4.96. The first-order valence-corrected chi connectivity index (χ1v) is 9.13. The van der Waals surface area contributed by atoms with Crippen LogP contribution in [0.4, 0.5) is 0 Å². The van der Waals surface area contributed by atoms with E-state index in [1.807, 2.05) is 30.3 Å². The number of benzene rings is 2. The minimum atomic E-state index is -3.67. The molecule has 1 N–H and O–H groups in total. The van der Waals surface area contributed by atoms with Gasteiger partial charge >= 0.3 is 0 Å². The van der Waals surface area contributed by atoms with Gasteiger partial charge < -0.3 is 0 Å². The van der Waals surface area contributed by atoms with Crippen LogP contribution in [0, 0.1) is 6.92 Å². The van der Waals surface area contributed by atoms with Gasteiger partial charge in [0.15, 0.2) is 0 Å². The van der Waals surface area contributed by atoms with Crippen molar-refractivity contribution in [2.75, 3.05) is 4.83 Å². The van der Waals surface area contributed by atoms with Gasteiger partial charge in [-0.2, -0.15) is 8.42 Å². The van der Waals surface area contributed by atoms with Crippen LogP contribution in [0.3, 0.4) is 0 Å². The van der Waals surface area contributed by atoms with Crippen molar-refractivity contribution in [2.24, 2.45) is 0 Å². The normalized spacial score (nSPS) is 11.4. The lowest BCUT2D eigenvalue weighted by atomic mass is 10.2. The molecule has 0 saturated carbocycles. The van der Waals surface area contributed by atoms with Crippen molar-refractivity contribution >= 4 is 26.0 Å². The summed E-state index contributed by atoms with van der Waals surface area (Å²) in [6.07, 6.45) is 1.67. The molecule has 1 heterocycles. The van der Waals surface area contributed by atoms with Crippen molar-refractivity contribution in [3.05, 3.63) is 71.1 Å². The molecule has 0 saturated heterocycles. The average molecular weight is 392 g/mol. The molecule has 1 aromatic heterocycles. The number of aryl methyl sites for hydroxylation is 1. The van der Waals surface area contributed by atoms with E-state index in [0.717, 1.165) is 10.0 Å². The van der Waals surface area contributed by atoms with Crippen LogP contribution in [0.2, 0.25) is 0 Å². The molecule has 0 fully saturated rings. The van der Waals surface area contributed by atoms with Crippen molar-refractivity contribution in [3.8, 4) is 11.3 Å². The fourth-order valence-corrected chi connectivity index (χ4v) is 3.42. The Hall–Kier alpha value is -2.12. The molecule has 118 valence electrons. The minimum absolute atomic E-state index is 0.190. The van der Waals surface area contributed by atoms with Gasteiger partial charge in [-0.3, -0.25) is 0 Å². The summed E-state index contributed by atoms with van der Waals surface area (Å²) in [5.41, 5.74) is 1.64. The predicted octanol–water partition coefficient (Wildman–Crippen LogP) is 3.55. The molecule has 0 aliphatic rings. The molecule has 2 aromatic carbocycles. The number of nitrogens with zero attached hydrogens (tertiary/aromatic N) is 2. The van der Waals surface area contributed by atoms with Gasteiger partial charge in [0.1, 0.15) is 5.82 Å². The van der Waals surface area contributed by atoms with Crippen LogP contribution < -0.4 is 4.83 Å². The standard InChI is InChI=1S/C16H14BrN3O2S/c1-12-18-16(13-5-3-2-4-6-13)11-20(12)19-23(21,22)15-9-7-14(17)8-10-15/h2-11,19H,1H3. The summed E-state index contributed by atoms with van der Waals surface area (Å²) in [5.74, 6) is 0.560. The Morgan fingerprint density at radius 2 is 1.70 bits per heavy atom. The molecule has 3 aromatic rings. The first kappa shape index (κ1) is 15.8. The van der Waals surface area contributed by atoms with Crippen LogP contribution in [-0.2, 0) is 10.0 Å². The molecule has 0 aliphatic heterocycles. The van der Waals surface area contributed by atoms with E-state index in [0.29, 0.717) is 11.5 Å². The molecule has 0 amide bonds. The maximum atomic E-state index is 12.4. The Balaban J connectivity index is 1.91. The van der Waals surface area contributed by atoms with E-state index in [1.165, 1.54) is 16.8 Å². The maximum Gasteiger partial charge on any atom is 0.275 e. The minimum Gasteiger partial charge on any atom is -0.238 e. The molecule has 5 nitrogen and oxygen atoms in total. The smallest absolute Gasteiger partial charge is 0.238 e. The van der Waals surface area contributed by atoms with E-state index in [-0.39, 0.29) is 4.90 Å². The first-order chi connectivity index (χ1) is 11.0. The zero-order chi connectivity index (χ0) is 16.4. The Labute approximate surface area is 143 Å². The van der Waals surface area contributed by atoms with Gasteiger partial charge in [-0.1, -0.05) is 46.3 Å². The fourth-order valence-electron chi connectivity index (χ4n) is 2.11. The van der Waals surface area contributed by atoms with E-state index in [1.54, 1.807) is 25.3 Å². The highest BCUT2D eigenvalue weighted by Crippen LogP contribution is 2.19. The van der Waals surface area contributed by atoms with Gasteiger partial charge in [0.2, 0.25) is 0 Å². The third-order valence-electron chi connectivity index (χ3n) is 3.29. The lowest BCUT2D eigenvalue weighted by molar-refractivity contribution is 0.594. The third-order valence-corrected chi connectivity index (χ3v) is 5.15. The summed E-state index contributed by atoms with van der Waals surface area (Å²) >= 11 is 3.29. The van der Waals surface area contributed by atoms with E-state index < -0.39 is 10.0 Å². The molecule has 0 radical (unpaired) electrons. The molecule has 0 unspecified atom stereocenters. The van der Waals surface area contributed by atoms with Crippen LogP contribution >= 0.6 is 15.9 Å². The second-order valence-corrected chi connectivity index (χ2v) is 7.53. The number of halogens is 1. The summed E-state index contributed by atoms with van der Waals surface area (Å²) in [6.45, 7) is 1.75. The average Bonchev–Trinajstić information content (AvgIpc) is 2.89. The highest BCUT2D eigenvalue weighted by Gasteiger charge is 2.16. The van der Waals surface area contributed by atoms with Crippen molar-refractivity contribution < 1.29 is 8.42 Å². The van der Waals surface area contributed by atoms with Crippen molar-refractivity contribution in [3.63, 3.8) is 0 Å². The van der Waals surface area contributed by atoms with Gasteiger partial charge in [0.25, 0.3) is 10.0 Å². The largest absolute Gasteiger partial charge is 0.275 e. The quantitative estimate of drug-likeness (QED) is 0.739. The summed E-state index contributed by atoms with van der Waals surface area (Å²) < 4.78 is 27.1. The van der Waals surface area contributed by atoms with Crippen LogP contribution in [0.25, 0.3) is 11.3 Å². The summed E-state index contributed by atoms with van der Waals surface area (Å²) in [4.78, 5) is 7.11.